The van der Waals surface area contributed by atoms with Crippen molar-refractivity contribution in [3.05, 3.63) is 10.6 Å². The van der Waals surface area contributed by atoms with Crippen molar-refractivity contribution in [3.63, 3.8) is 0 Å². The van der Waals surface area contributed by atoms with E-state index in [1.807, 2.05) is 11.3 Å². The number of aryl methyl sites for hydroxylation is 1. The summed E-state index contributed by atoms with van der Waals surface area (Å²) >= 11 is 1.93. The molecule has 0 radical (unpaired) electrons. The summed E-state index contributed by atoms with van der Waals surface area (Å²) in [5.41, 5.74) is 1.36. The molecule has 1 aromatic rings. The smallest absolute Gasteiger partial charge is 0.185 e. The van der Waals surface area contributed by atoms with E-state index in [1.54, 1.807) is 0 Å². The van der Waals surface area contributed by atoms with Gasteiger partial charge in [0.2, 0.25) is 0 Å². The van der Waals surface area contributed by atoms with Crippen molar-refractivity contribution in [2.24, 2.45) is 0 Å². The first-order chi connectivity index (χ1) is 9.69. The molecule has 20 heavy (non-hydrogen) atoms. The van der Waals surface area contributed by atoms with Gasteiger partial charge in [0, 0.05) is 36.6 Å². The number of rotatable bonds is 3. The summed E-state index contributed by atoms with van der Waals surface area (Å²) < 4.78 is 0. The minimum Gasteiger partial charge on any atom is -0.345 e. The summed E-state index contributed by atoms with van der Waals surface area (Å²) in [5, 5.41) is 4.87. The largest absolute Gasteiger partial charge is 0.345 e. The maximum Gasteiger partial charge on any atom is 0.185 e. The first-order valence-electron chi connectivity index (χ1n) is 7.87. The fraction of sp³-hybridized carbons (Fsp3) is 0.800. The van der Waals surface area contributed by atoms with Crippen LogP contribution in [0.1, 0.15) is 43.3 Å². The van der Waals surface area contributed by atoms with E-state index in [0.29, 0.717) is 12.1 Å². The molecule has 1 aliphatic heterocycles. The number of hydrogen-bond donors (Lipinski definition) is 1. The van der Waals surface area contributed by atoms with Gasteiger partial charge in [-0.15, -0.1) is 0 Å². The summed E-state index contributed by atoms with van der Waals surface area (Å²) in [6.45, 7) is 8.90. The van der Waals surface area contributed by atoms with Crippen molar-refractivity contribution in [2.45, 2.75) is 45.2 Å². The van der Waals surface area contributed by atoms with Gasteiger partial charge in [-0.2, -0.15) is 0 Å². The number of anilines is 1. The maximum absolute atomic E-state index is 4.95. The number of piperazine rings is 1. The van der Waals surface area contributed by atoms with Crippen molar-refractivity contribution in [2.75, 3.05) is 38.1 Å². The second-order valence-electron chi connectivity index (χ2n) is 6.09. The molecule has 1 aromatic heterocycles. The van der Waals surface area contributed by atoms with Crippen LogP contribution in [0.5, 0.6) is 0 Å². The van der Waals surface area contributed by atoms with Crippen molar-refractivity contribution >= 4 is 16.5 Å². The lowest BCUT2D eigenvalue weighted by Crippen LogP contribution is -2.50. The number of thiazole rings is 1. The number of likely N-dealkylation sites (N-methyl/N-ethyl adjacent to an activating group) is 1. The average molecular weight is 294 g/mol. The lowest BCUT2D eigenvalue weighted by Gasteiger charge is -2.37. The zero-order valence-electron chi connectivity index (χ0n) is 12.9. The molecule has 1 N–H and O–H groups in total. The van der Waals surface area contributed by atoms with Gasteiger partial charge in [0.1, 0.15) is 0 Å². The Kier molecular flexibility index (Phi) is 4.29. The van der Waals surface area contributed by atoms with E-state index < -0.39 is 0 Å². The van der Waals surface area contributed by atoms with E-state index in [1.165, 1.54) is 28.5 Å². The van der Waals surface area contributed by atoms with E-state index >= 15 is 0 Å². The molecule has 2 heterocycles. The molecular weight excluding hydrogens is 268 g/mol. The zero-order chi connectivity index (χ0) is 14.1. The summed E-state index contributed by atoms with van der Waals surface area (Å²) in [7, 11) is 2.22. The molecule has 0 bridgehead atoms. The lowest BCUT2D eigenvalue weighted by atomic mass is 9.98. The van der Waals surface area contributed by atoms with Crippen LogP contribution in [0, 0.1) is 0 Å². The van der Waals surface area contributed by atoms with Gasteiger partial charge in [0.05, 0.1) is 5.69 Å². The lowest BCUT2D eigenvalue weighted by molar-refractivity contribution is 0.234. The SMILES string of the molecule is CCNC1CCCc2nc(N3CCN(C)C(C)C3)sc21. The predicted molar refractivity (Wildman–Crippen MR) is 85.8 cm³/mol. The number of hydrogen-bond acceptors (Lipinski definition) is 5. The van der Waals surface area contributed by atoms with E-state index in [4.69, 9.17) is 4.98 Å². The topological polar surface area (TPSA) is 31.4 Å². The molecule has 5 heteroatoms. The Hall–Kier alpha value is -0.650. The molecule has 112 valence electrons. The first kappa shape index (κ1) is 14.3. The highest BCUT2D eigenvalue weighted by Gasteiger charge is 2.28. The van der Waals surface area contributed by atoms with Gasteiger partial charge in [-0.1, -0.05) is 18.3 Å². The summed E-state index contributed by atoms with van der Waals surface area (Å²) in [6, 6.07) is 1.16. The third kappa shape index (κ3) is 2.71. The third-order valence-corrected chi connectivity index (χ3v) is 5.89. The molecule has 1 fully saturated rings. The Balaban J connectivity index is 1.78. The maximum atomic E-state index is 4.95. The molecule has 2 unspecified atom stereocenters. The second-order valence-corrected chi connectivity index (χ2v) is 7.09. The molecule has 3 rings (SSSR count). The average Bonchev–Trinajstić information content (AvgIpc) is 2.87. The monoisotopic (exact) mass is 294 g/mol. The van der Waals surface area contributed by atoms with Crippen LogP contribution in [0.2, 0.25) is 0 Å². The van der Waals surface area contributed by atoms with Crippen LogP contribution in [0.25, 0.3) is 0 Å². The summed E-state index contributed by atoms with van der Waals surface area (Å²) in [6.07, 6.45) is 3.70. The molecule has 0 spiro atoms. The molecule has 2 atom stereocenters. The second kappa shape index (κ2) is 6.00. The van der Waals surface area contributed by atoms with Gasteiger partial charge in [0.25, 0.3) is 0 Å². The Morgan fingerprint density at radius 3 is 3.00 bits per heavy atom. The van der Waals surface area contributed by atoms with Crippen LogP contribution in [0.4, 0.5) is 5.13 Å². The fourth-order valence-corrected chi connectivity index (χ4v) is 4.46. The molecule has 0 amide bonds. The van der Waals surface area contributed by atoms with E-state index in [-0.39, 0.29) is 0 Å². The van der Waals surface area contributed by atoms with Crippen molar-refractivity contribution in [1.29, 1.82) is 0 Å². The van der Waals surface area contributed by atoms with Gasteiger partial charge < -0.3 is 15.1 Å². The Labute approximate surface area is 126 Å². The van der Waals surface area contributed by atoms with Gasteiger partial charge in [-0.25, -0.2) is 4.98 Å². The van der Waals surface area contributed by atoms with Crippen molar-refractivity contribution in [3.8, 4) is 0 Å². The fourth-order valence-electron chi connectivity index (χ4n) is 3.21. The quantitative estimate of drug-likeness (QED) is 0.927. The molecule has 2 aliphatic rings. The van der Waals surface area contributed by atoms with Crippen LogP contribution >= 0.6 is 11.3 Å². The van der Waals surface area contributed by atoms with Crippen LogP contribution in [-0.4, -0.2) is 49.2 Å². The van der Waals surface area contributed by atoms with Gasteiger partial charge in [-0.05, 0) is 39.8 Å². The predicted octanol–water partition coefficient (Wildman–Crippen LogP) is 2.27. The number of nitrogens with zero attached hydrogens (tertiary/aromatic N) is 3. The number of aromatic nitrogens is 1. The first-order valence-corrected chi connectivity index (χ1v) is 8.69. The Morgan fingerprint density at radius 2 is 2.25 bits per heavy atom. The number of fused-ring (bicyclic) bond motifs is 1. The Morgan fingerprint density at radius 1 is 1.40 bits per heavy atom. The highest BCUT2D eigenvalue weighted by atomic mass is 32.1. The number of nitrogens with one attached hydrogen (secondary N) is 1. The Bertz CT molecular complexity index is 459. The zero-order valence-corrected chi connectivity index (χ0v) is 13.7. The van der Waals surface area contributed by atoms with E-state index in [9.17, 15) is 0 Å². The standard InChI is InChI=1S/C15H26N4S/c1-4-16-12-6-5-7-13-14(12)20-15(17-13)19-9-8-18(3)11(2)10-19/h11-12,16H,4-10H2,1-3H3. The van der Waals surface area contributed by atoms with Crippen LogP contribution < -0.4 is 10.2 Å². The molecule has 0 saturated carbocycles. The minimum atomic E-state index is 0.542. The highest BCUT2D eigenvalue weighted by molar-refractivity contribution is 7.15. The van der Waals surface area contributed by atoms with Crippen LogP contribution in [-0.2, 0) is 6.42 Å². The molecule has 1 aliphatic carbocycles. The van der Waals surface area contributed by atoms with Crippen LogP contribution in [0.3, 0.4) is 0 Å². The van der Waals surface area contributed by atoms with Crippen LogP contribution in [0.15, 0.2) is 0 Å². The van der Waals surface area contributed by atoms with Gasteiger partial charge in [-0.3, -0.25) is 0 Å². The molecule has 0 aromatic carbocycles. The van der Waals surface area contributed by atoms with E-state index in [2.05, 4.69) is 36.0 Å². The van der Waals surface area contributed by atoms with Gasteiger partial charge in [0.15, 0.2) is 5.13 Å². The van der Waals surface area contributed by atoms with Gasteiger partial charge >= 0.3 is 0 Å². The third-order valence-electron chi connectivity index (χ3n) is 4.62. The molecule has 4 nitrogen and oxygen atoms in total. The normalized spacial score (nSPS) is 27.6. The minimum absolute atomic E-state index is 0.542. The van der Waals surface area contributed by atoms with E-state index in [0.717, 1.165) is 32.6 Å². The molecular formula is C15H26N4S. The molecule has 1 saturated heterocycles. The summed E-state index contributed by atoms with van der Waals surface area (Å²) in [4.78, 5) is 11.4. The summed E-state index contributed by atoms with van der Waals surface area (Å²) in [5.74, 6) is 0. The highest BCUT2D eigenvalue weighted by Crippen LogP contribution is 2.37. The van der Waals surface area contributed by atoms with Crippen molar-refractivity contribution in [1.82, 2.24) is 15.2 Å². The van der Waals surface area contributed by atoms with Crippen molar-refractivity contribution < 1.29 is 0 Å².